The van der Waals surface area contributed by atoms with Crippen LogP contribution in [0.5, 0.6) is 6.01 Å². The quantitative estimate of drug-likeness (QED) is 0.568. The highest BCUT2D eigenvalue weighted by atomic mass is 16.5. The largest absolute Gasteiger partial charge is 0.467 e. The van der Waals surface area contributed by atoms with Gasteiger partial charge in [-0.25, -0.2) is 15.0 Å². The van der Waals surface area contributed by atoms with E-state index in [9.17, 15) is 0 Å². The Labute approximate surface area is 130 Å². The van der Waals surface area contributed by atoms with E-state index in [1.165, 1.54) is 13.4 Å². The molecule has 0 bridgehead atoms. The molecular weight excluding hydrogens is 294 g/mol. The number of hydrogen-bond acceptors (Lipinski definition) is 7. The van der Waals surface area contributed by atoms with Crippen molar-refractivity contribution in [1.29, 1.82) is 0 Å². The van der Waals surface area contributed by atoms with Gasteiger partial charge < -0.3 is 4.74 Å². The van der Waals surface area contributed by atoms with E-state index in [1.807, 2.05) is 18.2 Å². The van der Waals surface area contributed by atoms with Crippen LogP contribution in [0.1, 0.15) is 0 Å². The van der Waals surface area contributed by atoms with Crippen molar-refractivity contribution >= 4 is 5.78 Å². The van der Waals surface area contributed by atoms with E-state index >= 15 is 0 Å². The van der Waals surface area contributed by atoms with Crippen LogP contribution < -0.4 is 4.74 Å². The van der Waals surface area contributed by atoms with Crippen LogP contribution in [0.25, 0.3) is 28.3 Å². The molecule has 0 N–H and O–H groups in total. The maximum atomic E-state index is 4.98. The molecule has 4 rings (SSSR count). The molecule has 0 aromatic carbocycles. The third kappa shape index (κ3) is 2.35. The molecular formula is C15H11N7O. The van der Waals surface area contributed by atoms with Crippen LogP contribution in [0.4, 0.5) is 0 Å². The lowest BCUT2D eigenvalue weighted by atomic mass is 10.1. The summed E-state index contributed by atoms with van der Waals surface area (Å²) in [5.74, 6) is 0.505. The van der Waals surface area contributed by atoms with Crippen molar-refractivity contribution in [3.8, 4) is 28.5 Å². The first-order chi connectivity index (χ1) is 11.3. The smallest absolute Gasteiger partial charge is 0.316 e. The van der Waals surface area contributed by atoms with Crippen LogP contribution in [-0.2, 0) is 0 Å². The van der Waals surface area contributed by atoms with Gasteiger partial charge in [-0.15, -0.1) is 0 Å². The van der Waals surface area contributed by atoms with Crippen molar-refractivity contribution in [2.75, 3.05) is 7.11 Å². The lowest BCUT2D eigenvalue weighted by Crippen LogP contribution is -1.99. The van der Waals surface area contributed by atoms with Gasteiger partial charge in [0, 0.05) is 35.9 Å². The Morgan fingerprint density at radius 2 is 1.78 bits per heavy atom. The number of pyridine rings is 1. The highest BCUT2D eigenvalue weighted by Crippen LogP contribution is 2.24. The highest BCUT2D eigenvalue weighted by Gasteiger charge is 2.11. The normalized spacial score (nSPS) is 10.8. The Morgan fingerprint density at radius 3 is 2.52 bits per heavy atom. The fraction of sp³-hybridized carbons (Fsp3) is 0.0667. The van der Waals surface area contributed by atoms with Crippen molar-refractivity contribution in [2.45, 2.75) is 0 Å². The molecule has 8 nitrogen and oxygen atoms in total. The number of fused-ring (bicyclic) bond motifs is 1. The highest BCUT2D eigenvalue weighted by molar-refractivity contribution is 5.69. The molecule has 0 saturated heterocycles. The minimum absolute atomic E-state index is 0.312. The summed E-state index contributed by atoms with van der Waals surface area (Å²) in [6, 6.07) is 6.05. The van der Waals surface area contributed by atoms with E-state index in [0.717, 1.165) is 16.8 Å². The monoisotopic (exact) mass is 305 g/mol. The molecule has 0 atom stereocenters. The summed E-state index contributed by atoms with van der Waals surface area (Å²) in [6.45, 7) is 0. The minimum Gasteiger partial charge on any atom is -0.467 e. The molecule has 0 saturated carbocycles. The average Bonchev–Trinajstić information content (AvgIpc) is 3.10. The van der Waals surface area contributed by atoms with Crippen LogP contribution in [0.3, 0.4) is 0 Å². The second-order valence-corrected chi connectivity index (χ2v) is 4.69. The van der Waals surface area contributed by atoms with Crippen LogP contribution in [0.15, 0.2) is 49.3 Å². The molecule has 8 heteroatoms. The maximum Gasteiger partial charge on any atom is 0.316 e. The molecule has 4 aromatic heterocycles. The van der Waals surface area contributed by atoms with E-state index in [4.69, 9.17) is 4.74 Å². The molecule has 0 unspecified atom stereocenters. The van der Waals surface area contributed by atoms with Crippen molar-refractivity contribution < 1.29 is 4.74 Å². The number of nitrogens with zero attached hydrogens (tertiary/aromatic N) is 7. The van der Waals surface area contributed by atoms with Crippen molar-refractivity contribution in [3.63, 3.8) is 0 Å². The molecule has 4 heterocycles. The van der Waals surface area contributed by atoms with E-state index in [2.05, 4.69) is 30.0 Å². The van der Waals surface area contributed by atoms with Crippen LogP contribution in [-0.4, -0.2) is 41.6 Å². The van der Waals surface area contributed by atoms with Crippen molar-refractivity contribution in [2.24, 2.45) is 0 Å². The van der Waals surface area contributed by atoms with Gasteiger partial charge in [0.1, 0.15) is 6.33 Å². The van der Waals surface area contributed by atoms with Gasteiger partial charge in [0.05, 0.1) is 18.5 Å². The molecule has 0 amide bonds. The molecule has 23 heavy (non-hydrogen) atoms. The second kappa shape index (κ2) is 5.41. The van der Waals surface area contributed by atoms with Gasteiger partial charge in [-0.05, 0) is 18.2 Å². The summed E-state index contributed by atoms with van der Waals surface area (Å²) >= 11 is 0. The first-order valence-electron chi connectivity index (χ1n) is 6.83. The SMILES string of the molecule is COc1ncc(-c2cc(-c3ccncc3)n3ncnc3n2)cn1. The van der Waals surface area contributed by atoms with Gasteiger partial charge in [0.25, 0.3) is 5.78 Å². The van der Waals surface area contributed by atoms with Gasteiger partial charge in [0.2, 0.25) is 0 Å². The number of methoxy groups -OCH3 is 1. The Balaban J connectivity index is 1.91. The fourth-order valence-electron chi connectivity index (χ4n) is 2.24. The van der Waals surface area contributed by atoms with E-state index in [-0.39, 0.29) is 0 Å². The Hall–Kier alpha value is -3.42. The topological polar surface area (TPSA) is 91.0 Å². The number of ether oxygens (including phenoxy) is 1. The summed E-state index contributed by atoms with van der Waals surface area (Å²) in [4.78, 5) is 21.0. The first-order valence-corrected chi connectivity index (χ1v) is 6.83. The first kappa shape index (κ1) is 13.3. The molecule has 0 radical (unpaired) electrons. The number of aromatic nitrogens is 7. The van der Waals surface area contributed by atoms with Gasteiger partial charge in [-0.2, -0.15) is 14.6 Å². The summed E-state index contributed by atoms with van der Waals surface area (Å²) < 4.78 is 6.66. The van der Waals surface area contributed by atoms with Crippen molar-refractivity contribution in [3.05, 3.63) is 49.3 Å². The molecule has 0 aliphatic carbocycles. The van der Waals surface area contributed by atoms with E-state index in [1.54, 1.807) is 29.3 Å². The Kier molecular flexibility index (Phi) is 3.12. The lowest BCUT2D eigenvalue weighted by molar-refractivity contribution is 0.380. The lowest BCUT2D eigenvalue weighted by Gasteiger charge is -2.07. The van der Waals surface area contributed by atoms with Crippen LogP contribution in [0.2, 0.25) is 0 Å². The molecule has 0 spiro atoms. The predicted molar refractivity (Wildman–Crippen MR) is 81.6 cm³/mol. The van der Waals surface area contributed by atoms with E-state index in [0.29, 0.717) is 17.5 Å². The van der Waals surface area contributed by atoms with Gasteiger partial charge in [-0.1, -0.05) is 0 Å². The summed E-state index contributed by atoms with van der Waals surface area (Å²) in [5.41, 5.74) is 3.31. The Morgan fingerprint density at radius 1 is 1.00 bits per heavy atom. The number of hydrogen-bond donors (Lipinski definition) is 0. The zero-order valence-electron chi connectivity index (χ0n) is 12.2. The average molecular weight is 305 g/mol. The van der Waals surface area contributed by atoms with Crippen LogP contribution in [0, 0.1) is 0 Å². The summed E-state index contributed by atoms with van der Waals surface area (Å²) in [5, 5.41) is 4.23. The molecule has 4 aromatic rings. The fourth-order valence-corrected chi connectivity index (χ4v) is 2.24. The number of rotatable bonds is 3. The predicted octanol–water partition coefficient (Wildman–Crippen LogP) is 1.65. The zero-order chi connectivity index (χ0) is 15.6. The van der Waals surface area contributed by atoms with Gasteiger partial charge in [0.15, 0.2) is 0 Å². The third-order valence-electron chi connectivity index (χ3n) is 3.33. The second-order valence-electron chi connectivity index (χ2n) is 4.69. The standard InChI is InChI=1S/C15H11N7O/c1-23-15-17-7-11(8-18-15)12-6-13(10-2-4-16-5-3-10)22-14(21-12)19-9-20-22/h2-9H,1H3. The maximum absolute atomic E-state index is 4.98. The van der Waals surface area contributed by atoms with Crippen molar-refractivity contribution in [1.82, 2.24) is 34.5 Å². The molecule has 0 aliphatic rings. The van der Waals surface area contributed by atoms with Gasteiger partial charge >= 0.3 is 6.01 Å². The van der Waals surface area contributed by atoms with E-state index < -0.39 is 0 Å². The van der Waals surface area contributed by atoms with Crippen LogP contribution >= 0.6 is 0 Å². The molecule has 112 valence electrons. The van der Waals surface area contributed by atoms with Gasteiger partial charge in [-0.3, -0.25) is 4.98 Å². The zero-order valence-corrected chi connectivity index (χ0v) is 12.2. The summed E-state index contributed by atoms with van der Waals surface area (Å²) in [7, 11) is 1.52. The Bertz CT molecular complexity index is 951. The summed E-state index contributed by atoms with van der Waals surface area (Å²) in [6.07, 6.45) is 8.26. The third-order valence-corrected chi connectivity index (χ3v) is 3.33. The molecule has 0 fully saturated rings. The minimum atomic E-state index is 0.312. The molecule has 0 aliphatic heterocycles.